The summed E-state index contributed by atoms with van der Waals surface area (Å²) in [5, 5.41) is 7.71. The van der Waals surface area contributed by atoms with Gasteiger partial charge in [-0.05, 0) is 237 Å². The van der Waals surface area contributed by atoms with E-state index in [0.29, 0.717) is 55.0 Å². The smallest absolute Gasteiger partial charge is 0.317 e. The van der Waals surface area contributed by atoms with E-state index in [1.807, 2.05) is 34.6 Å². The summed E-state index contributed by atoms with van der Waals surface area (Å²) < 4.78 is 0. The molecule has 91 heavy (non-hydrogen) atoms. The molecule has 6 amide bonds. The molecule has 11 heterocycles. The highest BCUT2D eigenvalue weighted by Gasteiger charge is 2.49. The lowest BCUT2D eigenvalue weighted by Gasteiger charge is -2.33. The van der Waals surface area contributed by atoms with E-state index in [0.717, 1.165) is 117 Å². The Kier molecular flexibility index (Phi) is 18.8. The third-order valence-electron chi connectivity index (χ3n) is 21.7. The first-order valence-corrected chi connectivity index (χ1v) is 35.1. The van der Waals surface area contributed by atoms with Gasteiger partial charge in [-0.15, -0.1) is 11.3 Å². The van der Waals surface area contributed by atoms with Crippen molar-refractivity contribution in [3.63, 3.8) is 0 Å². The molecule has 5 aromatic heterocycles. The van der Waals surface area contributed by atoms with Crippen LogP contribution < -0.4 is 10.6 Å². The van der Waals surface area contributed by atoms with Crippen LogP contribution in [0.3, 0.4) is 0 Å². The summed E-state index contributed by atoms with van der Waals surface area (Å²) in [6.45, 7) is 25.6. The number of piperidine rings is 2. The largest absolute Gasteiger partial charge is 0.361 e. The molecule has 0 saturated carbocycles. The van der Waals surface area contributed by atoms with Crippen LogP contribution in [0.1, 0.15) is 204 Å². The summed E-state index contributed by atoms with van der Waals surface area (Å²) in [4.78, 5) is 80.7. The molecule has 2 aromatic carbocycles. The molecule has 6 aliphatic heterocycles. The van der Waals surface area contributed by atoms with Gasteiger partial charge in [0.25, 0.3) is 0 Å². The number of pyridine rings is 2. The van der Waals surface area contributed by atoms with E-state index in [9.17, 15) is 19.2 Å². The monoisotopic (exact) mass is 1250 g/mol. The lowest BCUT2D eigenvalue weighted by atomic mass is 9.83. The van der Waals surface area contributed by atoms with Gasteiger partial charge < -0.3 is 40.2 Å². The maximum Gasteiger partial charge on any atom is 0.317 e. The highest BCUT2D eigenvalue weighted by atomic mass is 32.1. The van der Waals surface area contributed by atoms with E-state index in [2.05, 4.69) is 183 Å². The minimum Gasteiger partial charge on any atom is -0.361 e. The summed E-state index contributed by atoms with van der Waals surface area (Å²) in [7, 11) is 0. The second-order valence-corrected chi connectivity index (χ2v) is 30.3. The molecule has 4 N–H and O–H groups in total. The van der Waals surface area contributed by atoms with Crippen molar-refractivity contribution in [2.24, 2.45) is 5.41 Å². The Morgan fingerprint density at radius 1 is 0.560 bits per heavy atom. The lowest BCUT2D eigenvalue weighted by Crippen LogP contribution is -2.45. The first kappa shape index (κ1) is 63.9. The van der Waals surface area contributed by atoms with E-state index in [1.54, 1.807) is 11.3 Å². The molecule has 14 nitrogen and oxygen atoms in total. The average Bonchev–Trinajstić information content (AvgIpc) is 1.70. The van der Waals surface area contributed by atoms with Gasteiger partial charge in [0.2, 0.25) is 11.8 Å². The van der Waals surface area contributed by atoms with Crippen LogP contribution in [-0.2, 0) is 21.4 Å². The summed E-state index contributed by atoms with van der Waals surface area (Å²) in [6.07, 6.45) is 24.3. The number of thiophene rings is 1. The molecular weight excluding hydrogens is 1150 g/mol. The Bertz CT molecular complexity index is 3660. The first-order valence-electron chi connectivity index (χ1n) is 34.2. The van der Waals surface area contributed by atoms with Gasteiger partial charge >= 0.3 is 12.1 Å². The topological polar surface area (TPSA) is 163 Å². The minimum absolute atomic E-state index is 0.0118. The Hall–Kier alpha value is -7.26. The van der Waals surface area contributed by atoms with Crippen LogP contribution in [0, 0.1) is 33.1 Å². The van der Waals surface area contributed by atoms with Crippen LogP contribution in [0.25, 0.3) is 32.7 Å². The molecule has 7 aromatic rings. The number of benzene rings is 2. The molecule has 15 heteroatoms. The van der Waals surface area contributed by atoms with Crippen LogP contribution >= 0.6 is 11.3 Å². The van der Waals surface area contributed by atoms with Crippen molar-refractivity contribution in [2.75, 3.05) is 39.3 Å². The number of hydrogen-bond donors (Lipinski definition) is 4. The molecule has 0 radical (unpaired) electrons. The Morgan fingerprint density at radius 3 is 1.43 bits per heavy atom. The number of rotatable bonds is 16. The molecule has 6 aliphatic rings. The van der Waals surface area contributed by atoms with Gasteiger partial charge in [0.05, 0.1) is 11.1 Å². The maximum atomic E-state index is 14.0. The van der Waals surface area contributed by atoms with Gasteiger partial charge in [-0.1, -0.05) is 62.1 Å². The Labute approximate surface area is 544 Å². The zero-order valence-corrected chi connectivity index (χ0v) is 56.5. The lowest BCUT2D eigenvalue weighted by molar-refractivity contribution is -0.142. The van der Waals surface area contributed by atoms with E-state index in [1.165, 1.54) is 86.7 Å². The Balaban J connectivity index is 0.000000176. The summed E-state index contributed by atoms with van der Waals surface area (Å²) in [5.74, 6) is 1.73. The summed E-state index contributed by atoms with van der Waals surface area (Å²) >= 11 is 1.71. The number of likely N-dealkylation sites (tertiary alicyclic amines) is 2. The number of nitrogens with zero attached hydrogens (tertiary/aromatic N) is 6. The van der Waals surface area contributed by atoms with E-state index in [-0.39, 0.29) is 29.8 Å². The maximum absolute atomic E-state index is 14.0. The molecule has 2 atom stereocenters. The van der Waals surface area contributed by atoms with Crippen molar-refractivity contribution in [3.05, 3.63) is 153 Å². The first-order chi connectivity index (χ1) is 43.7. The van der Waals surface area contributed by atoms with E-state index < -0.39 is 10.8 Å². The van der Waals surface area contributed by atoms with Crippen LogP contribution in [0.15, 0.2) is 97.7 Å². The molecular formula is C76H98N10O4S. The van der Waals surface area contributed by atoms with E-state index >= 15 is 0 Å². The third kappa shape index (κ3) is 13.5. The fraction of sp³-hybridized carbons (Fsp3) is 0.526. The Morgan fingerprint density at radius 2 is 0.978 bits per heavy atom. The molecule has 0 aliphatic carbocycles. The SMILES string of the molecule is Cc1cc(C)cc(-c2[nH]c3sc(C(C)(C)C(=O)N4C5CCC4CC5)cc3c2[C@H](C)CNC(=O)N2CCC(c3ccncc3)CC2)c1.Cc1cc(C)cc(-c2[nH]cc(CCC(C)(C)C(=O)N3C4CCC3CC4)c2[C@H](C)CNC(=O)N2CCC(c3ccncc3)CC2)c1. The number of hydrogen-bond acceptors (Lipinski definition) is 7. The second-order valence-electron chi connectivity index (χ2n) is 29.2. The van der Waals surface area contributed by atoms with Gasteiger partial charge in [-0.3, -0.25) is 19.6 Å². The van der Waals surface area contributed by atoms with Gasteiger partial charge in [-0.2, -0.15) is 0 Å². The van der Waals surface area contributed by atoms with Crippen molar-refractivity contribution in [2.45, 2.75) is 212 Å². The highest BCUT2D eigenvalue weighted by Crippen LogP contribution is 2.47. The summed E-state index contributed by atoms with van der Waals surface area (Å²) in [5.41, 5.74) is 14.8. The van der Waals surface area contributed by atoms with Crippen molar-refractivity contribution >= 4 is 45.4 Å². The molecule has 6 saturated heterocycles. The quantitative estimate of drug-likeness (QED) is 0.0753. The zero-order chi connectivity index (χ0) is 63.9. The van der Waals surface area contributed by atoms with Gasteiger partial charge in [0.1, 0.15) is 4.83 Å². The average molecular weight is 1250 g/mol. The molecule has 0 spiro atoms. The van der Waals surface area contributed by atoms with Crippen LogP contribution in [0.2, 0.25) is 0 Å². The van der Waals surface area contributed by atoms with Gasteiger partial charge in [-0.25, -0.2) is 9.59 Å². The van der Waals surface area contributed by atoms with Crippen molar-refractivity contribution in [1.82, 2.24) is 50.2 Å². The predicted octanol–water partition coefficient (Wildman–Crippen LogP) is 15.5. The van der Waals surface area contributed by atoms with Crippen LogP contribution in [0.5, 0.6) is 0 Å². The number of aromatic amines is 2. The number of aromatic nitrogens is 4. The number of amides is 6. The van der Waals surface area contributed by atoms with Crippen LogP contribution in [-0.4, -0.2) is 127 Å². The van der Waals surface area contributed by atoms with E-state index in [4.69, 9.17) is 0 Å². The zero-order valence-electron chi connectivity index (χ0n) is 55.7. The second kappa shape index (κ2) is 26.8. The normalized spacial score (nSPS) is 20.9. The van der Waals surface area contributed by atoms with Crippen LogP contribution in [0.4, 0.5) is 9.59 Å². The number of nitrogens with one attached hydrogen (secondary N) is 4. The number of carbonyl (C=O) groups excluding carboxylic acids is 4. The highest BCUT2D eigenvalue weighted by molar-refractivity contribution is 7.19. The fourth-order valence-corrected chi connectivity index (χ4v) is 17.8. The molecule has 0 unspecified atom stereocenters. The standard InChI is InChI=1S/C38H47N5O2S.C38H51N5O2/c1-23-18-24(2)20-28(19-23)34-33(25(3)22-40-37(45)42-16-12-27(13-17-42)26-10-14-39-15-11-26)31-21-32(46-35(31)41-34)38(4,5)36(44)43-29-6-7-30(43)9-8-29;1-25-20-26(2)22-31(21-25)35-34(27(3)23-41-37(45)42-18-13-29(14-19-42)28-11-16-39-17-12-28)30(24-40-35)10-15-38(4,5)36(44)43-32-6-7-33(43)9-8-32/h10-11,14-15,18-21,25,27,29-30,41H,6-9,12-13,16-17,22H2,1-5H3,(H,40,45);11-12,16-17,20-22,24,27,29,32-33,40H,6-10,13-15,18-19,23H2,1-5H3,(H,41,45)/t25-,29?,30?;27-,32?,33?/m11/s1. The molecule has 13 rings (SSSR count). The molecule has 6 fully saturated rings. The third-order valence-corrected chi connectivity index (χ3v) is 23.1. The van der Waals surface area contributed by atoms with Crippen molar-refractivity contribution in [1.29, 1.82) is 0 Å². The molecule has 4 bridgehead atoms. The fourth-order valence-electron chi connectivity index (χ4n) is 16.6. The molecule has 482 valence electrons. The summed E-state index contributed by atoms with van der Waals surface area (Å²) in [6, 6.07) is 25.8. The number of carbonyl (C=O) groups is 4. The van der Waals surface area contributed by atoms with Gasteiger partial charge in [0.15, 0.2) is 0 Å². The number of H-pyrrole nitrogens is 2. The predicted molar refractivity (Wildman–Crippen MR) is 367 cm³/mol. The van der Waals surface area contributed by atoms with Crippen molar-refractivity contribution in [3.8, 4) is 22.5 Å². The number of urea groups is 2. The number of fused-ring (bicyclic) bond motifs is 5. The van der Waals surface area contributed by atoms with Gasteiger partial charge in [0, 0.05) is 128 Å². The van der Waals surface area contributed by atoms with Crippen molar-refractivity contribution < 1.29 is 19.2 Å². The minimum atomic E-state index is -0.590. The number of aryl methyl sites for hydroxylation is 5.